The molecule has 3 amide bonds. The Labute approximate surface area is 327 Å². The number of hydrogen-bond acceptors (Lipinski definition) is 9. The number of nitrogen functional groups attached to an aromatic ring is 1. The number of carbonyl (C=O) groups excluding carboxylic acids is 3. The van der Waals surface area contributed by atoms with Crippen molar-refractivity contribution in [2.24, 2.45) is 17.6 Å². The number of benzene rings is 2. The van der Waals surface area contributed by atoms with Gasteiger partial charge in [-0.2, -0.15) is 0 Å². The third kappa shape index (κ3) is 19.5. The van der Waals surface area contributed by atoms with Gasteiger partial charge in [-0.3, -0.25) is 19.8 Å². The predicted molar refractivity (Wildman–Crippen MR) is 214 cm³/mol. The number of rotatable bonds is 28. The van der Waals surface area contributed by atoms with Crippen LogP contribution >= 0.6 is 0 Å². The molecule has 0 unspecified atom stereocenters. The largest absolute Gasteiger partial charge is 0.384 e. The van der Waals surface area contributed by atoms with Crippen LogP contribution in [0.3, 0.4) is 0 Å². The molecule has 0 saturated heterocycles. The highest BCUT2D eigenvalue weighted by molar-refractivity contribution is 7.90. The molecule has 3 rings (SSSR count). The van der Waals surface area contributed by atoms with Gasteiger partial charge < -0.3 is 35.9 Å². The van der Waals surface area contributed by atoms with E-state index in [1.165, 1.54) is 0 Å². The van der Waals surface area contributed by atoms with Crippen molar-refractivity contribution in [1.82, 2.24) is 16.0 Å². The summed E-state index contributed by atoms with van der Waals surface area (Å²) in [6.45, 7) is 5.81. The summed E-state index contributed by atoms with van der Waals surface area (Å²) in [4.78, 5) is 40.4. The molecule has 6 N–H and O–H groups in total. The monoisotopic (exact) mass is 785 g/mol. The van der Waals surface area contributed by atoms with Crippen molar-refractivity contribution in [1.29, 1.82) is 5.41 Å². The maximum atomic E-state index is 14.0. The molecule has 1 aliphatic rings. The van der Waals surface area contributed by atoms with Gasteiger partial charge >= 0.3 is 0 Å². The summed E-state index contributed by atoms with van der Waals surface area (Å²) in [7, 11) is -3.67. The van der Waals surface area contributed by atoms with Gasteiger partial charge in [-0.15, -0.1) is 0 Å². The minimum Gasteiger partial charge on any atom is -0.384 e. The Morgan fingerprint density at radius 1 is 0.818 bits per heavy atom. The Balaban J connectivity index is 1.57. The Kier molecular flexibility index (Phi) is 21.6. The molecule has 2 atom stereocenters. The number of ether oxygens (including phenoxy) is 3. The molecule has 1 saturated carbocycles. The third-order valence-electron chi connectivity index (χ3n) is 9.60. The van der Waals surface area contributed by atoms with Crippen molar-refractivity contribution < 1.29 is 37.0 Å². The maximum absolute atomic E-state index is 14.0. The molecule has 0 aromatic heterocycles. The number of hydrogen-bond donors (Lipinski definition) is 5. The second kappa shape index (κ2) is 26.1. The van der Waals surface area contributed by atoms with Crippen LogP contribution in [0.15, 0.2) is 54.6 Å². The fourth-order valence-corrected chi connectivity index (χ4v) is 8.22. The fraction of sp³-hybridized carbons (Fsp3) is 0.610. The molecule has 306 valence electrons. The van der Waals surface area contributed by atoms with E-state index in [4.69, 9.17) is 25.4 Å². The van der Waals surface area contributed by atoms with E-state index in [-0.39, 0.29) is 48.6 Å². The minimum absolute atomic E-state index is 0.0234. The zero-order valence-corrected chi connectivity index (χ0v) is 33.3. The van der Waals surface area contributed by atoms with Gasteiger partial charge in [-0.25, -0.2) is 8.42 Å². The van der Waals surface area contributed by atoms with Crippen LogP contribution in [-0.2, 0) is 50.7 Å². The molecule has 1 fully saturated rings. The highest BCUT2D eigenvalue weighted by atomic mass is 32.2. The first-order valence-electron chi connectivity index (χ1n) is 19.8. The highest BCUT2D eigenvalue weighted by Gasteiger charge is 2.32. The SMILES string of the molecule is CCCCOCCOCCOCCCNC(=O)CC[C@H](NC(=O)[C@@H](CC1CCCCC1)CS(=O)(=O)Cc1ccccc1)C(=O)NCc1ccc(C(=N)N)cc1. The van der Waals surface area contributed by atoms with Gasteiger partial charge in [0.1, 0.15) is 11.9 Å². The molecule has 1 aliphatic carbocycles. The summed E-state index contributed by atoms with van der Waals surface area (Å²) in [6.07, 6.45) is 8.21. The van der Waals surface area contributed by atoms with E-state index >= 15 is 0 Å². The molecule has 0 aliphatic heterocycles. The van der Waals surface area contributed by atoms with Crippen LogP contribution < -0.4 is 21.7 Å². The van der Waals surface area contributed by atoms with Crippen molar-refractivity contribution in [3.05, 3.63) is 71.3 Å². The smallest absolute Gasteiger partial charge is 0.242 e. The zero-order valence-electron chi connectivity index (χ0n) is 32.5. The molecule has 0 radical (unpaired) electrons. The zero-order chi connectivity index (χ0) is 39.7. The highest BCUT2D eigenvalue weighted by Crippen LogP contribution is 2.30. The number of sulfone groups is 1. The van der Waals surface area contributed by atoms with Crippen LogP contribution in [0.2, 0.25) is 0 Å². The van der Waals surface area contributed by atoms with Crippen molar-refractivity contribution in [3.63, 3.8) is 0 Å². The van der Waals surface area contributed by atoms with E-state index in [0.29, 0.717) is 63.5 Å². The van der Waals surface area contributed by atoms with E-state index in [2.05, 4.69) is 22.9 Å². The molecule has 0 bridgehead atoms. The van der Waals surface area contributed by atoms with Gasteiger partial charge in [0.15, 0.2) is 9.84 Å². The molecule has 14 heteroatoms. The normalized spacial score (nSPS) is 14.5. The third-order valence-corrected chi connectivity index (χ3v) is 11.3. The van der Waals surface area contributed by atoms with Gasteiger partial charge in [0.05, 0.1) is 43.9 Å². The Hall–Kier alpha value is -3.85. The summed E-state index contributed by atoms with van der Waals surface area (Å²) >= 11 is 0. The van der Waals surface area contributed by atoms with E-state index in [1.54, 1.807) is 48.5 Å². The first kappa shape index (κ1) is 45.5. The van der Waals surface area contributed by atoms with Gasteiger partial charge in [-0.05, 0) is 42.7 Å². The lowest BCUT2D eigenvalue weighted by Gasteiger charge is -2.27. The van der Waals surface area contributed by atoms with Crippen LogP contribution in [-0.4, -0.2) is 90.0 Å². The summed E-state index contributed by atoms with van der Waals surface area (Å²) in [6, 6.07) is 14.7. The van der Waals surface area contributed by atoms with Gasteiger partial charge in [0.2, 0.25) is 17.7 Å². The van der Waals surface area contributed by atoms with Crippen LogP contribution in [0.25, 0.3) is 0 Å². The average molecular weight is 786 g/mol. The summed E-state index contributed by atoms with van der Waals surface area (Å²) < 4.78 is 43.4. The Bertz CT molecular complexity index is 1540. The van der Waals surface area contributed by atoms with Gasteiger partial charge in [0, 0.05) is 38.3 Å². The molecule has 0 heterocycles. The van der Waals surface area contributed by atoms with Crippen molar-refractivity contribution in [3.8, 4) is 0 Å². The minimum atomic E-state index is -3.67. The molecule has 13 nitrogen and oxygen atoms in total. The Morgan fingerprint density at radius 3 is 2.09 bits per heavy atom. The molecule has 2 aromatic carbocycles. The molecular formula is C41H63N5O8S. The Morgan fingerprint density at radius 2 is 1.45 bits per heavy atom. The van der Waals surface area contributed by atoms with Crippen molar-refractivity contribution in [2.45, 2.75) is 95.9 Å². The second-order valence-electron chi connectivity index (χ2n) is 14.3. The second-order valence-corrected chi connectivity index (χ2v) is 16.4. The van der Waals surface area contributed by atoms with Crippen molar-refractivity contribution >= 4 is 33.4 Å². The first-order valence-corrected chi connectivity index (χ1v) is 21.6. The lowest BCUT2D eigenvalue weighted by molar-refractivity contribution is -0.131. The van der Waals surface area contributed by atoms with Crippen LogP contribution in [0.4, 0.5) is 0 Å². The van der Waals surface area contributed by atoms with Crippen LogP contribution in [0, 0.1) is 17.2 Å². The summed E-state index contributed by atoms with van der Waals surface area (Å²) in [5.74, 6) is -2.46. The molecular weight excluding hydrogens is 723 g/mol. The average Bonchev–Trinajstić information content (AvgIpc) is 3.17. The van der Waals surface area contributed by atoms with Crippen molar-refractivity contribution in [2.75, 3.05) is 51.9 Å². The number of nitrogens with one attached hydrogen (secondary N) is 4. The van der Waals surface area contributed by atoms with E-state index in [1.807, 2.05) is 6.07 Å². The summed E-state index contributed by atoms with van der Waals surface area (Å²) in [5.41, 5.74) is 7.53. The van der Waals surface area contributed by atoms with Gasteiger partial charge in [0.25, 0.3) is 0 Å². The predicted octanol–water partition coefficient (Wildman–Crippen LogP) is 4.41. The number of carbonyl (C=O) groups is 3. The number of amides is 3. The maximum Gasteiger partial charge on any atom is 0.242 e. The number of unbranched alkanes of at least 4 members (excludes halogenated alkanes) is 1. The fourth-order valence-electron chi connectivity index (χ4n) is 6.50. The lowest BCUT2D eigenvalue weighted by atomic mass is 9.83. The van der Waals surface area contributed by atoms with Gasteiger partial charge in [-0.1, -0.05) is 100 Å². The molecule has 0 spiro atoms. The summed E-state index contributed by atoms with van der Waals surface area (Å²) in [5, 5.41) is 16.2. The van der Waals surface area contributed by atoms with E-state index in [0.717, 1.165) is 57.1 Å². The van der Waals surface area contributed by atoms with E-state index in [9.17, 15) is 22.8 Å². The lowest BCUT2D eigenvalue weighted by Crippen LogP contribution is -2.50. The topological polar surface area (TPSA) is 199 Å². The first-order chi connectivity index (χ1) is 26.6. The number of amidine groups is 1. The quantitative estimate of drug-likeness (QED) is 0.0471. The molecule has 2 aromatic rings. The van der Waals surface area contributed by atoms with Crippen LogP contribution in [0.1, 0.15) is 94.2 Å². The number of nitrogens with two attached hydrogens (primary N) is 1. The van der Waals surface area contributed by atoms with Crippen LogP contribution in [0.5, 0.6) is 0 Å². The standard InChI is InChI=1S/C41H63N5O8S/c1-2-3-22-52-24-26-54-27-25-53-23-10-21-44-38(47)20-19-37(41(49)45-29-33-15-17-35(18-16-33)39(42)43)46-40(48)36(28-32-11-6-4-7-12-32)31-55(50,51)30-34-13-8-5-9-14-34/h5,8-9,13-18,32,36-37H,2-4,6-7,10-12,19-31H2,1H3,(H3,42,43)(H,44,47)(H,45,49)(H,46,48)/t36-,37-/m0/s1. The molecule has 55 heavy (non-hydrogen) atoms. The van der Waals surface area contributed by atoms with E-state index < -0.39 is 33.6 Å².